The minimum Gasteiger partial charge on any atom is -0.490 e. The van der Waals surface area contributed by atoms with E-state index in [4.69, 9.17) is 9.47 Å². The zero-order valence-corrected chi connectivity index (χ0v) is 13.4. The highest BCUT2D eigenvalue weighted by molar-refractivity contribution is 9.08. The number of halogens is 1. The SMILES string of the molecule is CCOc1cc(CBr)ccc1OCc1csc(C)n1. The van der Waals surface area contributed by atoms with Gasteiger partial charge in [-0.25, -0.2) is 4.98 Å². The standard InChI is InChI=1S/C14H16BrNO2S/c1-3-17-14-6-11(7-15)4-5-13(14)18-8-12-9-19-10(2)16-12/h4-6,9H,3,7-8H2,1-2H3. The maximum absolute atomic E-state index is 5.79. The molecule has 0 aliphatic heterocycles. The van der Waals surface area contributed by atoms with Crippen LogP contribution in [0.4, 0.5) is 0 Å². The Bertz CT molecular complexity index is 542. The van der Waals surface area contributed by atoms with Crippen LogP contribution >= 0.6 is 27.3 Å². The van der Waals surface area contributed by atoms with E-state index in [0.717, 1.165) is 27.5 Å². The quantitative estimate of drug-likeness (QED) is 0.733. The van der Waals surface area contributed by atoms with Crippen molar-refractivity contribution in [3.63, 3.8) is 0 Å². The molecule has 1 aromatic carbocycles. The second kappa shape index (κ2) is 6.91. The molecule has 1 aromatic heterocycles. The van der Waals surface area contributed by atoms with Gasteiger partial charge < -0.3 is 9.47 Å². The lowest BCUT2D eigenvalue weighted by atomic mass is 10.2. The van der Waals surface area contributed by atoms with E-state index in [9.17, 15) is 0 Å². The number of nitrogens with zero attached hydrogens (tertiary/aromatic N) is 1. The van der Waals surface area contributed by atoms with Gasteiger partial charge in [0.05, 0.1) is 17.3 Å². The summed E-state index contributed by atoms with van der Waals surface area (Å²) in [6, 6.07) is 5.97. The summed E-state index contributed by atoms with van der Waals surface area (Å²) < 4.78 is 11.4. The minimum absolute atomic E-state index is 0.470. The molecule has 0 aliphatic rings. The normalized spacial score (nSPS) is 10.5. The van der Waals surface area contributed by atoms with Crippen molar-refractivity contribution in [1.82, 2.24) is 4.98 Å². The second-order valence-corrected chi connectivity index (χ2v) is 5.62. The number of hydrogen-bond donors (Lipinski definition) is 0. The number of aryl methyl sites for hydroxylation is 1. The van der Waals surface area contributed by atoms with E-state index in [1.54, 1.807) is 11.3 Å². The van der Waals surface area contributed by atoms with Crippen LogP contribution in [0.5, 0.6) is 11.5 Å². The van der Waals surface area contributed by atoms with Crippen LogP contribution in [0.2, 0.25) is 0 Å². The lowest BCUT2D eigenvalue weighted by Gasteiger charge is -2.12. The van der Waals surface area contributed by atoms with E-state index in [1.807, 2.05) is 37.4 Å². The van der Waals surface area contributed by atoms with E-state index in [-0.39, 0.29) is 0 Å². The molecule has 0 amide bonds. The first-order valence-electron chi connectivity index (χ1n) is 6.08. The number of ether oxygens (including phenoxy) is 2. The van der Waals surface area contributed by atoms with Crippen LogP contribution in [0.25, 0.3) is 0 Å². The van der Waals surface area contributed by atoms with Crippen LogP contribution in [-0.4, -0.2) is 11.6 Å². The van der Waals surface area contributed by atoms with Crippen molar-refractivity contribution < 1.29 is 9.47 Å². The van der Waals surface area contributed by atoms with E-state index in [2.05, 4.69) is 20.9 Å². The van der Waals surface area contributed by atoms with Gasteiger partial charge in [-0.05, 0) is 31.5 Å². The molecule has 19 heavy (non-hydrogen) atoms. The first kappa shape index (κ1) is 14.3. The van der Waals surface area contributed by atoms with Crippen LogP contribution in [0.3, 0.4) is 0 Å². The second-order valence-electron chi connectivity index (χ2n) is 3.99. The highest BCUT2D eigenvalue weighted by Gasteiger charge is 2.07. The lowest BCUT2D eigenvalue weighted by molar-refractivity contribution is 0.266. The molecule has 0 N–H and O–H groups in total. The van der Waals surface area contributed by atoms with Gasteiger partial charge in [0.15, 0.2) is 11.5 Å². The first-order chi connectivity index (χ1) is 9.22. The molecule has 0 fully saturated rings. The Kier molecular flexibility index (Phi) is 5.22. The van der Waals surface area contributed by atoms with Crippen LogP contribution < -0.4 is 9.47 Å². The van der Waals surface area contributed by atoms with E-state index in [1.165, 1.54) is 5.56 Å². The van der Waals surface area contributed by atoms with Gasteiger partial charge in [0.2, 0.25) is 0 Å². The summed E-state index contributed by atoms with van der Waals surface area (Å²) in [5.41, 5.74) is 2.12. The summed E-state index contributed by atoms with van der Waals surface area (Å²) in [4.78, 5) is 4.38. The minimum atomic E-state index is 0.470. The Labute approximate surface area is 125 Å². The summed E-state index contributed by atoms with van der Waals surface area (Å²) in [6.07, 6.45) is 0. The number of hydrogen-bond acceptors (Lipinski definition) is 4. The van der Waals surface area contributed by atoms with Gasteiger partial charge in [-0.3, -0.25) is 0 Å². The lowest BCUT2D eigenvalue weighted by Crippen LogP contribution is -2.00. The predicted molar refractivity (Wildman–Crippen MR) is 81.4 cm³/mol. The molecule has 5 heteroatoms. The molecule has 2 rings (SSSR count). The smallest absolute Gasteiger partial charge is 0.161 e. The first-order valence-corrected chi connectivity index (χ1v) is 8.08. The topological polar surface area (TPSA) is 31.4 Å². The average molecular weight is 342 g/mol. The molecule has 0 bridgehead atoms. The van der Waals surface area contributed by atoms with Crippen molar-refractivity contribution in [2.24, 2.45) is 0 Å². The van der Waals surface area contributed by atoms with Crippen molar-refractivity contribution >= 4 is 27.3 Å². The maximum Gasteiger partial charge on any atom is 0.161 e. The Morgan fingerprint density at radius 1 is 1.26 bits per heavy atom. The Hall–Kier alpha value is -1.07. The molecule has 102 valence electrons. The molecule has 0 atom stereocenters. The van der Waals surface area contributed by atoms with Gasteiger partial charge in [0.25, 0.3) is 0 Å². The summed E-state index contributed by atoms with van der Waals surface area (Å²) in [5.74, 6) is 1.55. The third kappa shape index (κ3) is 3.94. The van der Waals surface area contributed by atoms with Gasteiger partial charge in [-0.2, -0.15) is 0 Å². The average Bonchev–Trinajstić information content (AvgIpc) is 2.83. The van der Waals surface area contributed by atoms with Gasteiger partial charge in [-0.15, -0.1) is 11.3 Å². The maximum atomic E-state index is 5.79. The molecule has 0 saturated carbocycles. The molecular weight excluding hydrogens is 326 g/mol. The summed E-state index contributed by atoms with van der Waals surface area (Å²) in [7, 11) is 0. The van der Waals surface area contributed by atoms with Crippen LogP contribution in [0.15, 0.2) is 23.6 Å². The molecule has 0 spiro atoms. The highest BCUT2D eigenvalue weighted by Crippen LogP contribution is 2.30. The third-order valence-corrected chi connectivity index (χ3v) is 3.97. The molecule has 0 aliphatic carbocycles. The Balaban J connectivity index is 2.10. The van der Waals surface area contributed by atoms with Crippen LogP contribution in [0, 0.1) is 6.92 Å². The fourth-order valence-electron chi connectivity index (χ4n) is 1.65. The summed E-state index contributed by atoms with van der Waals surface area (Å²) in [5, 5.41) is 3.87. The van der Waals surface area contributed by atoms with Crippen molar-refractivity contribution in [1.29, 1.82) is 0 Å². The Morgan fingerprint density at radius 2 is 2.11 bits per heavy atom. The number of thiazole rings is 1. The van der Waals surface area contributed by atoms with Gasteiger partial charge >= 0.3 is 0 Å². The van der Waals surface area contributed by atoms with E-state index < -0.39 is 0 Å². The molecule has 0 radical (unpaired) electrons. The molecule has 2 aromatic rings. The van der Waals surface area contributed by atoms with E-state index in [0.29, 0.717) is 13.2 Å². The molecule has 3 nitrogen and oxygen atoms in total. The predicted octanol–water partition coefficient (Wildman–Crippen LogP) is 4.32. The van der Waals surface area contributed by atoms with Gasteiger partial charge in [-0.1, -0.05) is 22.0 Å². The third-order valence-electron chi connectivity index (χ3n) is 2.50. The number of aromatic nitrogens is 1. The molecule has 0 unspecified atom stereocenters. The largest absolute Gasteiger partial charge is 0.490 e. The fourth-order valence-corrected chi connectivity index (χ4v) is 2.60. The van der Waals surface area contributed by atoms with Crippen molar-refractivity contribution in [3.8, 4) is 11.5 Å². The Morgan fingerprint density at radius 3 is 2.74 bits per heavy atom. The number of alkyl halides is 1. The monoisotopic (exact) mass is 341 g/mol. The van der Waals surface area contributed by atoms with Crippen molar-refractivity contribution in [2.45, 2.75) is 25.8 Å². The van der Waals surface area contributed by atoms with E-state index >= 15 is 0 Å². The zero-order valence-electron chi connectivity index (χ0n) is 11.0. The zero-order chi connectivity index (χ0) is 13.7. The molecule has 1 heterocycles. The molecular formula is C14H16BrNO2S. The molecule has 0 saturated heterocycles. The summed E-state index contributed by atoms with van der Waals surface area (Å²) in [6.45, 7) is 5.05. The van der Waals surface area contributed by atoms with Crippen LogP contribution in [0.1, 0.15) is 23.2 Å². The van der Waals surface area contributed by atoms with Gasteiger partial charge in [0.1, 0.15) is 6.61 Å². The summed E-state index contributed by atoms with van der Waals surface area (Å²) >= 11 is 5.07. The van der Waals surface area contributed by atoms with Crippen molar-refractivity contribution in [2.75, 3.05) is 6.61 Å². The van der Waals surface area contributed by atoms with Crippen LogP contribution in [-0.2, 0) is 11.9 Å². The number of benzene rings is 1. The van der Waals surface area contributed by atoms with Crippen molar-refractivity contribution in [3.05, 3.63) is 39.8 Å². The highest BCUT2D eigenvalue weighted by atomic mass is 79.9. The van der Waals surface area contributed by atoms with Gasteiger partial charge in [0, 0.05) is 10.7 Å². The fraction of sp³-hybridized carbons (Fsp3) is 0.357. The number of rotatable bonds is 6.